The second kappa shape index (κ2) is 8.35. The fourth-order valence-electron chi connectivity index (χ4n) is 3.76. The van der Waals surface area contributed by atoms with E-state index in [0.717, 1.165) is 25.1 Å². The Morgan fingerprint density at radius 1 is 1.04 bits per heavy atom. The van der Waals surface area contributed by atoms with Crippen molar-refractivity contribution in [1.82, 2.24) is 4.90 Å². The summed E-state index contributed by atoms with van der Waals surface area (Å²) in [5.41, 5.74) is 8.18. The molecular formula is C22H27N3O2. The molecule has 0 spiro atoms. The molecule has 0 aliphatic carbocycles. The highest BCUT2D eigenvalue weighted by atomic mass is 16.2. The molecule has 2 aromatic rings. The van der Waals surface area contributed by atoms with Crippen molar-refractivity contribution in [3.63, 3.8) is 0 Å². The quantitative estimate of drug-likeness (QED) is 0.870. The van der Waals surface area contributed by atoms with Gasteiger partial charge in [-0.25, -0.2) is 0 Å². The fraction of sp³-hybridized carbons (Fsp3) is 0.364. The smallest absolute Gasteiger partial charge is 0.255 e. The summed E-state index contributed by atoms with van der Waals surface area (Å²) in [6.07, 6.45) is 1.14. The maximum atomic E-state index is 13.1. The molecule has 5 heteroatoms. The third-order valence-electron chi connectivity index (χ3n) is 5.01. The molecule has 27 heavy (non-hydrogen) atoms. The predicted octanol–water partition coefficient (Wildman–Crippen LogP) is 3.52. The van der Waals surface area contributed by atoms with Gasteiger partial charge in [-0.2, -0.15) is 0 Å². The summed E-state index contributed by atoms with van der Waals surface area (Å²) in [4.78, 5) is 27.6. The fourth-order valence-corrected chi connectivity index (χ4v) is 3.76. The van der Waals surface area contributed by atoms with Crippen LogP contribution in [0.25, 0.3) is 0 Å². The number of nitrogens with two attached hydrogens (primary N) is 1. The molecule has 3 N–H and O–H groups in total. The first-order valence-electron chi connectivity index (χ1n) is 9.46. The van der Waals surface area contributed by atoms with Gasteiger partial charge < -0.3 is 16.0 Å². The van der Waals surface area contributed by atoms with E-state index in [0.29, 0.717) is 35.2 Å². The van der Waals surface area contributed by atoms with E-state index >= 15 is 0 Å². The van der Waals surface area contributed by atoms with Gasteiger partial charge in [0.2, 0.25) is 0 Å². The molecule has 1 saturated heterocycles. The van der Waals surface area contributed by atoms with E-state index in [4.69, 9.17) is 5.73 Å². The minimum absolute atomic E-state index is 0.0252. The lowest BCUT2D eigenvalue weighted by molar-refractivity contribution is 0.0624. The van der Waals surface area contributed by atoms with Crippen LogP contribution in [0.3, 0.4) is 0 Å². The summed E-state index contributed by atoms with van der Waals surface area (Å²) in [7, 11) is 0. The van der Waals surface area contributed by atoms with Crippen molar-refractivity contribution in [2.75, 3.05) is 18.4 Å². The Morgan fingerprint density at radius 3 is 2.30 bits per heavy atom. The highest BCUT2D eigenvalue weighted by molar-refractivity contribution is 6.09. The van der Waals surface area contributed by atoms with Gasteiger partial charge in [0, 0.05) is 25.2 Å². The number of carbonyl (C=O) groups excluding carboxylic acids is 2. The molecule has 0 aromatic heterocycles. The monoisotopic (exact) mass is 365 g/mol. The van der Waals surface area contributed by atoms with Crippen LogP contribution in [-0.2, 0) is 6.54 Å². The molecule has 1 aliphatic rings. The Hall–Kier alpha value is -2.66. The Kier molecular flexibility index (Phi) is 5.91. The van der Waals surface area contributed by atoms with Gasteiger partial charge in [-0.15, -0.1) is 0 Å². The van der Waals surface area contributed by atoms with Crippen molar-refractivity contribution in [1.29, 1.82) is 0 Å². The molecule has 1 fully saturated rings. The first kappa shape index (κ1) is 19.1. The lowest BCUT2D eigenvalue weighted by Gasteiger charge is -2.35. The van der Waals surface area contributed by atoms with Gasteiger partial charge in [0.05, 0.1) is 11.3 Å². The summed E-state index contributed by atoms with van der Waals surface area (Å²) in [6, 6.07) is 14.4. The lowest BCUT2D eigenvalue weighted by Crippen LogP contribution is -2.42. The summed E-state index contributed by atoms with van der Waals surface area (Å²) in [6.45, 7) is 6.30. The van der Waals surface area contributed by atoms with Gasteiger partial charge in [-0.05, 0) is 48.1 Å². The van der Waals surface area contributed by atoms with Crippen molar-refractivity contribution < 1.29 is 9.59 Å². The molecule has 5 nitrogen and oxygen atoms in total. The first-order chi connectivity index (χ1) is 13.0. The normalized spacial score (nSPS) is 19.6. The number of hydrogen-bond donors (Lipinski definition) is 2. The number of nitrogens with one attached hydrogen (secondary N) is 1. The predicted molar refractivity (Wildman–Crippen MR) is 108 cm³/mol. The van der Waals surface area contributed by atoms with Gasteiger partial charge in [0.1, 0.15) is 0 Å². The second-order valence-corrected chi connectivity index (χ2v) is 7.56. The average Bonchev–Trinajstić information content (AvgIpc) is 2.67. The van der Waals surface area contributed by atoms with Crippen LogP contribution in [0, 0.1) is 11.8 Å². The standard InChI is InChI=1S/C22H27N3O2/c1-15-11-16(2)14-25(13-15)22(27)19-5-3-4-6-20(19)24-21(26)18-9-7-17(12-23)8-10-18/h3-10,15-16H,11-14,23H2,1-2H3,(H,24,26). The number of nitrogens with zero attached hydrogens (tertiary/aromatic N) is 1. The molecule has 0 radical (unpaired) electrons. The van der Waals surface area contributed by atoms with Gasteiger partial charge >= 0.3 is 0 Å². The largest absolute Gasteiger partial charge is 0.338 e. The van der Waals surface area contributed by atoms with Crippen molar-refractivity contribution in [2.24, 2.45) is 17.6 Å². The molecule has 142 valence electrons. The topological polar surface area (TPSA) is 75.4 Å². The van der Waals surface area contributed by atoms with Crippen LogP contribution < -0.4 is 11.1 Å². The van der Waals surface area contributed by atoms with Gasteiger partial charge in [-0.3, -0.25) is 9.59 Å². The first-order valence-corrected chi connectivity index (χ1v) is 9.46. The van der Waals surface area contributed by atoms with Crippen molar-refractivity contribution in [3.8, 4) is 0 Å². The minimum atomic E-state index is -0.237. The number of likely N-dealkylation sites (tertiary alicyclic amines) is 1. The number of amides is 2. The van der Waals surface area contributed by atoms with Crippen molar-refractivity contribution in [2.45, 2.75) is 26.8 Å². The number of para-hydroxylation sites is 1. The average molecular weight is 365 g/mol. The van der Waals surface area contributed by atoms with E-state index in [9.17, 15) is 9.59 Å². The molecule has 0 saturated carbocycles. The minimum Gasteiger partial charge on any atom is -0.338 e. The SMILES string of the molecule is CC1CC(C)CN(C(=O)c2ccccc2NC(=O)c2ccc(CN)cc2)C1. The van der Waals surface area contributed by atoms with Crippen LogP contribution in [0.4, 0.5) is 5.69 Å². The highest BCUT2D eigenvalue weighted by Gasteiger charge is 2.27. The number of carbonyl (C=O) groups is 2. The van der Waals surface area contributed by atoms with E-state index in [1.54, 1.807) is 24.3 Å². The third-order valence-corrected chi connectivity index (χ3v) is 5.01. The lowest BCUT2D eigenvalue weighted by atomic mass is 9.91. The molecule has 2 unspecified atom stereocenters. The molecule has 1 aliphatic heterocycles. The van der Waals surface area contributed by atoms with Crippen LogP contribution in [-0.4, -0.2) is 29.8 Å². The summed E-state index contributed by atoms with van der Waals surface area (Å²) >= 11 is 0. The van der Waals surface area contributed by atoms with Crippen LogP contribution in [0.1, 0.15) is 46.5 Å². The molecular weight excluding hydrogens is 338 g/mol. The van der Waals surface area contributed by atoms with Crippen LogP contribution in [0.5, 0.6) is 0 Å². The second-order valence-electron chi connectivity index (χ2n) is 7.56. The molecule has 0 bridgehead atoms. The van der Waals surface area contributed by atoms with E-state index < -0.39 is 0 Å². The van der Waals surface area contributed by atoms with Crippen LogP contribution in [0.15, 0.2) is 48.5 Å². The zero-order valence-electron chi connectivity index (χ0n) is 15.9. The molecule has 2 atom stereocenters. The Morgan fingerprint density at radius 2 is 1.67 bits per heavy atom. The van der Waals surface area contributed by atoms with Gasteiger partial charge in [0.15, 0.2) is 0 Å². The number of hydrogen-bond acceptors (Lipinski definition) is 3. The maximum Gasteiger partial charge on any atom is 0.255 e. The molecule has 2 amide bonds. The van der Waals surface area contributed by atoms with E-state index in [2.05, 4.69) is 19.2 Å². The Labute approximate surface area is 160 Å². The third kappa shape index (κ3) is 4.55. The number of piperidine rings is 1. The zero-order chi connectivity index (χ0) is 19.4. The van der Waals surface area contributed by atoms with Gasteiger partial charge in [-0.1, -0.05) is 38.1 Å². The zero-order valence-corrected chi connectivity index (χ0v) is 15.9. The van der Waals surface area contributed by atoms with Gasteiger partial charge in [0.25, 0.3) is 11.8 Å². The number of anilines is 1. The maximum absolute atomic E-state index is 13.1. The Balaban J connectivity index is 1.78. The number of benzene rings is 2. The molecule has 2 aromatic carbocycles. The van der Waals surface area contributed by atoms with E-state index in [1.807, 2.05) is 29.2 Å². The van der Waals surface area contributed by atoms with Crippen LogP contribution >= 0.6 is 0 Å². The Bertz CT molecular complexity index is 807. The summed E-state index contributed by atoms with van der Waals surface area (Å²) in [5.74, 6) is 0.711. The number of rotatable bonds is 4. The molecule has 1 heterocycles. The van der Waals surface area contributed by atoms with Crippen LogP contribution in [0.2, 0.25) is 0 Å². The van der Waals surface area contributed by atoms with E-state index in [-0.39, 0.29) is 11.8 Å². The van der Waals surface area contributed by atoms with Crippen molar-refractivity contribution >= 4 is 17.5 Å². The van der Waals surface area contributed by atoms with Crippen molar-refractivity contribution in [3.05, 3.63) is 65.2 Å². The summed E-state index contributed by atoms with van der Waals surface area (Å²) in [5, 5.41) is 2.89. The summed E-state index contributed by atoms with van der Waals surface area (Å²) < 4.78 is 0. The van der Waals surface area contributed by atoms with E-state index in [1.165, 1.54) is 0 Å². The highest BCUT2D eigenvalue weighted by Crippen LogP contribution is 2.25. The molecule has 3 rings (SSSR count).